The van der Waals surface area contributed by atoms with Gasteiger partial charge in [0.2, 0.25) is 0 Å². The van der Waals surface area contributed by atoms with Gasteiger partial charge in [-0.15, -0.1) is 0 Å². The molecule has 0 atom stereocenters. The maximum absolute atomic E-state index is 12.5. The number of amides is 2. The summed E-state index contributed by atoms with van der Waals surface area (Å²) in [5.41, 5.74) is 3.06. The van der Waals surface area contributed by atoms with Crippen molar-refractivity contribution in [2.24, 2.45) is 0 Å². The molecule has 0 saturated carbocycles. The van der Waals surface area contributed by atoms with E-state index in [2.05, 4.69) is 15.5 Å². The fourth-order valence-electron chi connectivity index (χ4n) is 3.42. The Morgan fingerprint density at radius 2 is 1.38 bits per heavy atom. The molecule has 6 heteroatoms. The molecule has 0 aliphatic carbocycles. The highest BCUT2D eigenvalue weighted by Gasteiger charge is 2.12. The van der Waals surface area contributed by atoms with Crippen LogP contribution in [0.1, 0.15) is 40.2 Å². The number of benzene rings is 2. The van der Waals surface area contributed by atoms with Crippen molar-refractivity contribution in [2.75, 3.05) is 28.6 Å². The smallest absolute Gasteiger partial charge is 0.291 e. The molecule has 1 fully saturated rings. The Kier molecular flexibility index (Phi) is 5.61. The van der Waals surface area contributed by atoms with E-state index in [-0.39, 0.29) is 17.6 Å². The molecule has 1 aromatic heterocycles. The summed E-state index contributed by atoms with van der Waals surface area (Å²) in [5, 5.41) is 5.64. The predicted octanol–water partition coefficient (Wildman–Crippen LogP) is 4.77. The largest absolute Gasteiger partial charge is 0.459 e. The Hall–Kier alpha value is -3.54. The van der Waals surface area contributed by atoms with Gasteiger partial charge < -0.3 is 20.0 Å². The van der Waals surface area contributed by atoms with Crippen LogP contribution in [0.25, 0.3) is 0 Å². The summed E-state index contributed by atoms with van der Waals surface area (Å²) in [7, 11) is 0. The van der Waals surface area contributed by atoms with E-state index in [9.17, 15) is 9.59 Å². The molecule has 0 bridgehead atoms. The molecule has 2 aromatic carbocycles. The number of nitrogens with one attached hydrogen (secondary N) is 2. The van der Waals surface area contributed by atoms with Crippen LogP contribution in [0.15, 0.2) is 71.3 Å². The van der Waals surface area contributed by atoms with E-state index in [4.69, 9.17) is 4.42 Å². The second-order valence-electron chi connectivity index (χ2n) is 7.06. The van der Waals surface area contributed by atoms with Crippen LogP contribution in [0, 0.1) is 0 Å². The van der Waals surface area contributed by atoms with Crippen molar-refractivity contribution in [3.05, 3.63) is 78.3 Å². The van der Waals surface area contributed by atoms with Gasteiger partial charge in [-0.05, 0) is 79.9 Å². The van der Waals surface area contributed by atoms with Gasteiger partial charge in [0.15, 0.2) is 5.76 Å². The highest BCUT2D eigenvalue weighted by Crippen LogP contribution is 2.22. The van der Waals surface area contributed by atoms with E-state index in [1.807, 2.05) is 24.3 Å². The summed E-state index contributed by atoms with van der Waals surface area (Å²) in [5.74, 6) is -0.291. The van der Waals surface area contributed by atoms with Crippen LogP contribution < -0.4 is 15.5 Å². The summed E-state index contributed by atoms with van der Waals surface area (Å²) in [6, 6.07) is 17.9. The SMILES string of the molecule is O=C(Nc1ccc(N2CCCCC2)cc1)c1ccc(NC(=O)c2ccco2)cc1. The molecule has 2 heterocycles. The Labute approximate surface area is 169 Å². The molecule has 1 aliphatic heterocycles. The number of piperidine rings is 1. The fourth-order valence-corrected chi connectivity index (χ4v) is 3.42. The van der Waals surface area contributed by atoms with Crippen LogP contribution in [0.5, 0.6) is 0 Å². The molecular formula is C23H23N3O3. The number of rotatable bonds is 5. The summed E-state index contributed by atoms with van der Waals surface area (Å²) in [6.07, 6.45) is 5.21. The molecule has 148 valence electrons. The lowest BCUT2D eigenvalue weighted by molar-refractivity contribution is 0.0995. The summed E-state index contributed by atoms with van der Waals surface area (Å²) in [6.45, 7) is 2.18. The van der Waals surface area contributed by atoms with Crippen LogP contribution in [0.3, 0.4) is 0 Å². The topological polar surface area (TPSA) is 74.6 Å². The van der Waals surface area contributed by atoms with Crippen LogP contribution in [0.2, 0.25) is 0 Å². The second kappa shape index (κ2) is 8.65. The van der Waals surface area contributed by atoms with Crippen molar-refractivity contribution in [1.82, 2.24) is 0 Å². The van der Waals surface area contributed by atoms with Gasteiger partial charge in [-0.2, -0.15) is 0 Å². The number of furan rings is 1. The molecule has 29 heavy (non-hydrogen) atoms. The molecule has 4 rings (SSSR count). The molecular weight excluding hydrogens is 366 g/mol. The van der Waals surface area contributed by atoms with Crippen molar-refractivity contribution in [3.8, 4) is 0 Å². The number of nitrogens with zero attached hydrogens (tertiary/aromatic N) is 1. The van der Waals surface area contributed by atoms with E-state index in [1.54, 1.807) is 36.4 Å². The van der Waals surface area contributed by atoms with E-state index in [0.29, 0.717) is 11.3 Å². The minimum Gasteiger partial charge on any atom is -0.459 e. The van der Waals surface area contributed by atoms with Gasteiger partial charge in [-0.1, -0.05) is 0 Å². The molecule has 1 aliphatic rings. The average Bonchev–Trinajstić information content (AvgIpc) is 3.31. The zero-order chi connectivity index (χ0) is 20.1. The highest BCUT2D eigenvalue weighted by atomic mass is 16.3. The van der Waals surface area contributed by atoms with E-state index < -0.39 is 0 Å². The van der Waals surface area contributed by atoms with Crippen molar-refractivity contribution in [1.29, 1.82) is 0 Å². The third kappa shape index (κ3) is 4.66. The predicted molar refractivity (Wildman–Crippen MR) is 114 cm³/mol. The first-order valence-corrected chi connectivity index (χ1v) is 9.80. The van der Waals surface area contributed by atoms with E-state index in [1.165, 1.54) is 31.2 Å². The second-order valence-corrected chi connectivity index (χ2v) is 7.06. The van der Waals surface area contributed by atoms with Crippen molar-refractivity contribution in [3.63, 3.8) is 0 Å². The molecule has 3 aromatic rings. The standard InChI is InChI=1S/C23H23N3O3/c27-22(24-19-10-12-20(13-11-19)26-14-2-1-3-15-26)17-6-8-18(9-7-17)25-23(28)21-5-4-16-29-21/h4-13,16H,1-3,14-15H2,(H,24,27)(H,25,28). The van der Waals surface area contributed by atoms with Crippen molar-refractivity contribution < 1.29 is 14.0 Å². The Balaban J connectivity index is 1.35. The minimum atomic E-state index is -0.332. The van der Waals surface area contributed by atoms with E-state index >= 15 is 0 Å². The van der Waals surface area contributed by atoms with Crippen LogP contribution in [-0.2, 0) is 0 Å². The average molecular weight is 389 g/mol. The van der Waals surface area contributed by atoms with Crippen LogP contribution in [-0.4, -0.2) is 24.9 Å². The molecule has 6 nitrogen and oxygen atoms in total. The maximum atomic E-state index is 12.5. The van der Waals surface area contributed by atoms with Crippen LogP contribution >= 0.6 is 0 Å². The first-order valence-electron chi connectivity index (χ1n) is 9.80. The van der Waals surface area contributed by atoms with E-state index in [0.717, 1.165) is 18.8 Å². The molecule has 2 N–H and O–H groups in total. The van der Waals surface area contributed by atoms with Crippen molar-refractivity contribution >= 4 is 28.9 Å². The number of hydrogen-bond acceptors (Lipinski definition) is 4. The molecule has 0 unspecified atom stereocenters. The van der Waals surface area contributed by atoms with Gasteiger partial charge >= 0.3 is 0 Å². The maximum Gasteiger partial charge on any atom is 0.291 e. The van der Waals surface area contributed by atoms with Gasteiger partial charge in [0.1, 0.15) is 0 Å². The van der Waals surface area contributed by atoms with Gasteiger partial charge in [0.05, 0.1) is 6.26 Å². The van der Waals surface area contributed by atoms with Crippen LogP contribution in [0.4, 0.5) is 17.1 Å². The van der Waals surface area contributed by atoms with Gasteiger partial charge in [0.25, 0.3) is 11.8 Å². The Morgan fingerprint density at radius 1 is 0.759 bits per heavy atom. The summed E-state index contributed by atoms with van der Waals surface area (Å²) >= 11 is 0. The number of carbonyl (C=O) groups is 2. The number of anilines is 3. The molecule has 1 saturated heterocycles. The van der Waals surface area contributed by atoms with Crippen molar-refractivity contribution in [2.45, 2.75) is 19.3 Å². The van der Waals surface area contributed by atoms with Gasteiger partial charge in [-0.3, -0.25) is 9.59 Å². The zero-order valence-electron chi connectivity index (χ0n) is 16.1. The summed E-state index contributed by atoms with van der Waals surface area (Å²) in [4.78, 5) is 26.9. The lowest BCUT2D eigenvalue weighted by Crippen LogP contribution is -2.29. The number of carbonyl (C=O) groups excluding carboxylic acids is 2. The molecule has 0 spiro atoms. The lowest BCUT2D eigenvalue weighted by Gasteiger charge is -2.28. The summed E-state index contributed by atoms with van der Waals surface area (Å²) < 4.78 is 5.06. The number of hydrogen-bond donors (Lipinski definition) is 2. The molecule has 0 radical (unpaired) electrons. The quantitative estimate of drug-likeness (QED) is 0.659. The minimum absolute atomic E-state index is 0.195. The highest BCUT2D eigenvalue weighted by molar-refractivity contribution is 6.05. The Morgan fingerprint density at radius 3 is 2.00 bits per heavy atom. The zero-order valence-corrected chi connectivity index (χ0v) is 16.1. The monoisotopic (exact) mass is 389 g/mol. The van der Waals surface area contributed by atoms with Gasteiger partial charge in [0, 0.05) is 35.7 Å². The normalized spacial score (nSPS) is 13.7. The fraction of sp³-hybridized carbons (Fsp3) is 0.217. The molecule has 2 amide bonds. The third-order valence-electron chi connectivity index (χ3n) is 5.00. The van der Waals surface area contributed by atoms with Gasteiger partial charge in [-0.25, -0.2) is 0 Å². The lowest BCUT2D eigenvalue weighted by atomic mass is 10.1. The first kappa shape index (κ1) is 18.8. The Bertz CT molecular complexity index is 958. The third-order valence-corrected chi connectivity index (χ3v) is 5.00. The first-order chi connectivity index (χ1) is 14.2.